The molecule has 1 aromatic rings. The maximum Gasteiger partial charge on any atom is 0.228 e. The molecule has 22 heavy (non-hydrogen) atoms. The Morgan fingerprint density at radius 1 is 1.00 bits per heavy atom. The summed E-state index contributed by atoms with van der Waals surface area (Å²) >= 11 is 0. The lowest BCUT2D eigenvalue weighted by atomic mass is 10.1. The second kappa shape index (κ2) is 7.39. The van der Waals surface area contributed by atoms with Crippen LogP contribution in [0.1, 0.15) is 38.5 Å². The van der Waals surface area contributed by atoms with Crippen molar-refractivity contribution in [3.63, 3.8) is 0 Å². The molecule has 1 heterocycles. The smallest absolute Gasteiger partial charge is 0.228 e. The van der Waals surface area contributed by atoms with Crippen molar-refractivity contribution in [2.75, 3.05) is 5.32 Å². The standard InChI is InChI=1S/C19H24N2O/c22-19(21-15-10-9-13-20-14-15)18-16-11-7-5-3-1-2-4-6-8-12-17(16)18/h3-6,9-10,13-14,16-18H,1-2,7-8,11-12H2,(H,21,22)/b5-3-,6-4+/t16-,17-,18?/m0/s1. The molecule has 3 rings (SSSR count). The van der Waals surface area contributed by atoms with Crippen molar-refractivity contribution in [1.29, 1.82) is 0 Å². The largest absolute Gasteiger partial charge is 0.324 e. The van der Waals surface area contributed by atoms with Crippen LogP contribution in [-0.4, -0.2) is 10.9 Å². The first kappa shape index (κ1) is 15.0. The first-order valence-corrected chi connectivity index (χ1v) is 8.37. The molecule has 0 aromatic carbocycles. The Labute approximate surface area is 132 Å². The van der Waals surface area contributed by atoms with Crippen LogP contribution in [0.25, 0.3) is 0 Å². The van der Waals surface area contributed by atoms with Crippen LogP contribution < -0.4 is 5.32 Å². The number of carbonyl (C=O) groups excluding carboxylic acids is 1. The number of carbonyl (C=O) groups is 1. The fraction of sp³-hybridized carbons (Fsp3) is 0.474. The molecule has 3 nitrogen and oxygen atoms in total. The highest BCUT2D eigenvalue weighted by Crippen LogP contribution is 2.52. The molecule has 3 atom stereocenters. The average molecular weight is 296 g/mol. The third kappa shape index (κ3) is 3.85. The van der Waals surface area contributed by atoms with E-state index in [9.17, 15) is 4.79 Å². The molecule has 0 spiro atoms. The van der Waals surface area contributed by atoms with Crippen molar-refractivity contribution >= 4 is 11.6 Å². The quantitative estimate of drug-likeness (QED) is 0.824. The number of hydrogen-bond donors (Lipinski definition) is 1. The van der Waals surface area contributed by atoms with Crippen LogP contribution in [0.2, 0.25) is 0 Å². The minimum atomic E-state index is 0.172. The van der Waals surface area contributed by atoms with Gasteiger partial charge in [-0.15, -0.1) is 0 Å². The third-order valence-corrected chi connectivity index (χ3v) is 4.73. The van der Waals surface area contributed by atoms with Gasteiger partial charge in [0.15, 0.2) is 0 Å². The minimum Gasteiger partial charge on any atom is -0.324 e. The number of amides is 1. The van der Waals surface area contributed by atoms with Gasteiger partial charge in [0.05, 0.1) is 11.9 Å². The summed E-state index contributed by atoms with van der Waals surface area (Å²) in [6.45, 7) is 0. The van der Waals surface area contributed by atoms with Gasteiger partial charge in [-0.05, 0) is 62.5 Å². The summed E-state index contributed by atoms with van der Waals surface area (Å²) in [6.07, 6.45) is 19.3. The molecule has 2 aliphatic carbocycles. The van der Waals surface area contributed by atoms with E-state index < -0.39 is 0 Å². The maximum absolute atomic E-state index is 12.5. The molecule has 1 saturated carbocycles. The number of pyridine rings is 1. The number of nitrogens with zero attached hydrogens (tertiary/aromatic N) is 1. The summed E-state index contributed by atoms with van der Waals surface area (Å²) < 4.78 is 0. The zero-order valence-corrected chi connectivity index (χ0v) is 12.9. The van der Waals surface area contributed by atoms with Crippen molar-refractivity contribution in [2.24, 2.45) is 17.8 Å². The van der Waals surface area contributed by atoms with Gasteiger partial charge >= 0.3 is 0 Å². The molecule has 0 aliphatic heterocycles. The van der Waals surface area contributed by atoms with Crippen LogP contribution in [0.4, 0.5) is 5.69 Å². The summed E-state index contributed by atoms with van der Waals surface area (Å²) in [5, 5.41) is 3.02. The topological polar surface area (TPSA) is 42.0 Å². The van der Waals surface area contributed by atoms with E-state index in [2.05, 4.69) is 34.6 Å². The first-order valence-electron chi connectivity index (χ1n) is 8.37. The summed E-state index contributed by atoms with van der Waals surface area (Å²) in [6, 6.07) is 3.74. The van der Waals surface area contributed by atoms with Crippen molar-refractivity contribution in [3.8, 4) is 0 Å². The number of rotatable bonds is 2. The van der Waals surface area contributed by atoms with Gasteiger partial charge in [-0.3, -0.25) is 9.78 Å². The Hall–Kier alpha value is -1.90. The van der Waals surface area contributed by atoms with E-state index in [4.69, 9.17) is 0 Å². The highest BCUT2D eigenvalue weighted by molar-refractivity contribution is 5.94. The second-order valence-electron chi connectivity index (χ2n) is 6.26. The molecule has 1 fully saturated rings. The molecule has 1 aromatic heterocycles. The molecule has 1 unspecified atom stereocenters. The third-order valence-electron chi connectivity index (χ3n) is 4.73. The predicted octanol–water partition coefficient (Wildman–Crippen LogP) is 4.35. The SMILES string of the molecule is O=C(Nc1cccnc1)C1[C@H]2CC/C=C\CC/C=C/CC[C@H]12. The van der Waals surface area contributed by atoms with Crippen LogP contribution in [0.3, 0.4) is 0 Å². The Morgan fingerprint density at radius 3 is 2.23 bits per heavy atom. The average Bonchev–Trinajstić information content (AvgIpc) is 3.21. The van der Waals surface area contributed by atoms with Crippen LogP contribution in [0, 0.1) is 17.8 Å². The van der Waals surface area contributed by atoms with Crippen LogP contribution in [-0.2, 0) is 4.79 Å². The maximum atomic E-state index is 12.5. The zero-order chi connectivity index (χ0) is 15.2. The van der Waals surface area contributed by atoms with Crippen molar-refractivity contribution in [3.05, 3.63) is 48.8 Å². The summed E-state index contributed by atoms with van der Waals surface area (Å²) in [4.78, 5) is 16.5. The van der Waals surface area contributed by atoms with E-state index >= 15 is 0 Å². The van der Waals surface area contributed by atoms with Gasteiger partial charge in [0, 0.05) is 12.1 Å². The fourth-order valence-corrected chi connectivity index (χ4v) is 3.52. The lowest BCUT2D eigenvalue weighted by Crippen LogP contribution is -2.15. The van der Waals surface area contributed by atoms with E-state index in [1.54, 1.807) is 12.4 Å². The fourth-order valence-electron chi connectivity index (χ4n) is 3.52. The Morgan fingerprint density at radius 2 is 1.64 bits per heavy atom. The molecule has 3 heteroatoms. The van der Waals surface area contributed by atoms with E-state index in [0.717, 1.165) is 44.2 Å². The normalized spacial score (nSPS) is 31.0. The minimum absolute atomic E-state index is 0.172. The van der Waals surface area contributed by atoms with Crippen LogP contribution >= 0.6 is 0 Å². The van der Waals surface area contributed by atoms with Crippen molar-refractivity contribution in [1.82, 2.24) is 4.98 Å². The van der Waals surface area contributed by atoms with Crippen LogP contribution in [0.5, 0.6) is 0 Å². The van der Waals surface area contributed by atoms with Gasteiger partial charge in [-0.1, -0.05) is 24.3 Å². The lowest BCUT2D eigenvalue weighted by molar-refractivity contribution is -0.117. The van der Waals surface area contributed by atoms with E-state index in [0.29, 0.717) is 11.8 Å². The monoisotopic (exact) mass is 296 g/mol. The highest BCUT2D eigenvalue weighted by Gasteiger charge is 2.52. The number of aromatic nitrogens is 1. The van der Waals surface area contributed by atoms with Crippen molar-refractivity contribution < 1.29 is 4.79 Å². The van der Waals surface area contributed by atoms with Gasteiger partial charge < -0.3 is 5.32 Å². The molecule has 116 valence electrons. The first-order chi connectivity index (χ1) is 10.9. The van der Waals surface area contributed by atoms with Crippen LogP contribution in [0.15, 0.2) is 48.8 Å². The highest BCUT2D eigenvalue weighted by atomic mass is 16.2. The van der Waals surface area contributed by atoms with Gasteiger partial charge in [0.25, 0.3) is 0 Å². The number of fused-ring (bicyclic) bond motifs is 1. The van der Waals surface area contributed by atoms with Gasteiger partial charge in [0.1, 0.15) is 0 Å². The zero-order valence-electron chi connectivity index (χ0n) is 12.9. The summed E-state index contributed by atoms with van der Waals surface area (Å²) in [5.41, 5.74) is 0.801. The predicted molar refractivity (Wildman–Crippen MR) is 89.3 cm³/mol. The number of allylic oxidation sites excluding steroid dienone is 4. The van der Waals surface area contributed by atoms with Gasteiger partial charge in [0.2, 0.25) is 5.91 Å². The van der Waals surface area contributed by atoms with Gasteiger partial charge in [-0.2, -0.15) is 0 Å². The van der Waals surface area contributed by atoms with E-state index in [1.165, 1.54) is 0 Å². The molecule has 2 aliphatic rings. The molecule has 1 amide bonds. The Bertz CT molecular complexity index is 526. The summed E-state index contributed by atoms with van der Waals surface area (Å²) in [5.74, 6) is 1.46. The second-order valence-corrected chi connectivity index (χ2v) is 6.26. The van der Waals surface area contributed by atoms with E-state index in [1.807, 2.05) is 12.1 Å². The Balaban J connectivity index is 1.60. The lowest BCUT2D eigenvalue weighted by Gasteiger charge is -2.03. The molecule has 0 saturated heterocycles. The summed E-state index contributed by atoms with van der Waals surface area (Å²) in [7, 11) is 0. The van der Waals surface area contributed by atoms with Gasteiger partial charge in [-0.25, -0.2) is 0 Å². The van der Waals surface area contributed by atoms with E-state index in [-0.39, 0.29) is 11.8 Å². The Kier molecular flexibility index (Phi) is 5.04. The number of anilines is 1. The molecule has 0 radical (unpaired) electrons. The molecular formula is C19H24N2O. The molecule has 0 bridgehead atoms. The van der Waals surface area contributed by atoms with Crippen molar-refractivity contribution in [2.45, 2.75) is 38.5 Å². The number of hydrogen-bond acceptors (Lipinski definition) is 2. The molecule has 1 N–H and O–H groups in total. The number of nitrogens with one attached hydrogen (secondary N) is 1. The molecular weight excluding hydrogens is 272 g/mol.